The van der Waals surface area contributed by atoms with Crippen molar-refractivity contribution in [1.82, 2.24) is 9.71 Å². The minimum atomic E-state index is -3.49. The first-order valence-electron chi connectivity index (χ1n) is 6.08. The van der Waals surface area contributed by atoms with Crippen molar-refractivity contribution in [2.75, 3.05) is 5.73 Å². The second kappa shape index (κ2) is 3.91. The maximum Gasteiger partial charge on any atom is 0.241 e. The van der Waals surface area contributed by atoms with E-state index in [0.717, 1.165) is 18.2 Å². The van der Waals surface area contributed by atoms with Crippen LogP contribution in [-0.2, 0) is 10.0 Å². The van der Waals surface area contributed by atoms with E-state index in [4.69, 9.17) is 5.73 Å². The van der Waals surface area contributed by atoms with E-state index in [2.05, 4.69) is 9.71 Å². The maximum absolute atomic E-state index is 12.2. The highest BCUT2D eigenvalue weighted by Gasteiger charge is 2.41. The van der Waals surface area contributed by atoms with Crippen LogP contribution in [0.3, 0.4) is 0 Å². The topological polar surface area (TPSA) is 85.1 Å². The number of hydrogen-bond acceptors (Lipinski definition) is 4. The van der Waals surface area contributed by atoms with Crippen molar-refractivity contribution < 1.29 is 8.42 Å². The average molecular weight is 277 g/mol. The third-order valence-electron chi connectivity index (χ3n) is 3.38. The molecule has 3 N–H and O–H groups in total. The van der Waals surface area contributed by atoms with Crippen molar-refractivity contribution in [1.29, 1.82) is 0 Å². The van der Waals surface area contributed by atoms with Crippen molar-refractivity contribution in [2.24, 2.45) is 0 Å². The summed E-state index contributed by atoms with van der Waals surface area (Å²) in [4.78, 5) is 4.38. The number of rotatable bonds is 3. The van der Waals surface area contributed by atoms with E-state index in [1.165, 1.54) is 0 Å². The van der Waals surface area contributed by atoms with Gasteiger partial charge in [0.25, 0.3) is 0 Å². The highest BCUT2D eigenvalue weighted by atomic mass is 32.2. The lowest BCUT2D eigenvalue weighted by Crippen LogP contribution is -2.34. The SMILES string of the molecule is CC1(NS(=O)(=O)c2ccc3ccc(N)nc3c2)CC1. The summed E-state index contributed by atoms with van der Waals surface area (Å²) in [5, 5.41) is 0.866. The van der Waals surface area contributed by atoms with Gasteiger partial charge in [-0.15, -0.1) is 0 Å². The van der Waals surface area contributed by atoms with Crippen LogP contribution in [-0.4, -0.2) is 18.9 Å². The van der Waals surface area contributed by atoms with E-state index in [-0.39, 0.29) is 10.4 Å². The quantitative estimate of drug-likeness (QED) is 0.893. The molecule has 1 aromatic heterocycles. The molecule has 1 aliphatic rings. The molecule has 0 bridgehead atoms. The number of sulfonamides is 1. The molecular formula is C13H15N3O2S. The Morgan fingerprint density at radius 1 is 1.26 bits per heavy atom. The molecule has 0 radical (unpaired) electrons. The minimum absolute atomic E-state index is 0.228. The zero-order valence-corrected chi connectivity index (χ0v) is 11.4. The number of nitrogen functional groups attached to an aromatic ring is 1. The van der Waals surface area contributed by atoms with Gasteiger partial charge in [0, 0.05) is 10.9 Å². The summed E-state index contributed by atoms with van der Waals surface area (Å²) in [5.74, 6) is 0.379. The average Bonchev–Trinajstić information content (AvgIpc) is 3.04. The number of benzene rings is 1. The number of nitrogens with one attached hydrogen (secondary N) is 1. The van der Waals surface area contributed by atoms with Crippen LogP contribution in [0.2, 0.25) is 0 Å². The van der Waals surface area contributed by atoms with E-state index in [1.54, 1.807) is 24.3 Å². The van der Waals surface area contributed by atoms with Crippen molar-refractivity contribution in [2.45, 2.75) is 30.2 Å². The van der Waals surface area contributed by atoms with Gasteiger partial charge < -0.3 is 5.73 Å². The molecule has 0 unspecified atom stereocenters. The largest absolute Gasteiger partial charge is 0.384 e. The Balaban J connectivity index is 2.05. The Hall–Kier alpha value is -1.66. The van der Waals surface area contributed by atoms with Gasteiger partial charge in [0.1, 0.15) is 5.82 Å². The van der Waals surface area contributed by atoms with Crippen molar-refractivity contribution in [3.8, 4) is 0 Å². The molecule has 0 aliphatic heterocycles. The number of nitrogens with zero attached hydrogens (tertiary/aromatic N) is 1. The van der Waals surface area contributed by atoms with Gasteiger partial charge in [-0.2, -0.15) is 0 Å². The lowest BCUT2D eigenvalue weighted by atomic mass is 10.2. The maximum atomic E-state index is 12.2. The second-order valence-corrected chi connectivity index (χ2v) is 6.94. The molecule has 0 spiro atoms. The Morgan fingerprint density at radius 3 is 2.63 bits per heavy atom. The van der Waals surface area contributed by atoms with E-state index < -0.39 is 10.0 Å². The van der Waals surface area contributed by atoms with Crippen LogP contribution in [0.15, 0.2) is 35.2 Å². The van der Waals surface area contributed by atoms with Gasteiger partial charge in [-0.1, -0.05) is 6.07 Å². The smallest absolute Gasteiger partial charge is 0.241 e. The highest BCUT2D eigenvalue weighted by Crippen LogP contribution is 2.36. The molecule has 0 amide bonds. The van der Waals surface area contributed by atoms with Crippen LogP contribution in [0, 0.1) is 0 Å². The van der Waals surface area contributed by atoms with Gasteiger partial charge in [-0.05, 0) is 44.0 Å². The molecule has 19 heavy (non-hydrogen) atoms. The Bertz CT molecular complexity index is 752. The van der Waals surface area contributed by atoms with Crippen LogP contribution >= 0.6 is 0 Å². The number of anilines is 1. The molecule has 5 nitrogen and oxygen atoms in total. The third kappa shape index (κ3) is 2.41. The summed E-state index contributed by atoms with van der Waals surface area (Å²) in [6.45, 7) is 1.90. The number of fused-ring (bicyclic) bond motifs is 1. The molecule has 1 aromatic carbocycles. The highest BCUT2D eigenvalue weighted by molar-refractivity contribution is 7.89. The van der Waals surface area contributed by atoms with Crippen LogP contribution in [0.1, 0.15) is 19.8 Å². The fourth-order valence-corrected chi connectivity index (χ4v) is 3.44. The molecule has 0 atom stereocenters. The molecule has 1 saturated carbocycles. The fourth-order valence-electron chi connectivity index (χ4n) is 1.95. The Labute approximate surface area is 111 Å². The molecule has 2 aromatic rings. The Morgan fingerprint density at radius 2 is 1.95 bits per heavy atom. The van der Waals surface area contributed by atoms with Gasteiger partial charge >= 0.3 is 0 Å². The zero-order chi connectivity index (χ0) is 13.7. The van der Waals surface area contributed by atoms with E-state index in [1.807, 2.05) is 13.0 Å². The van der Waals surface area contributed by atoms with Crippen LogP contribution in [0.4, 0.5) is 5.82 Å². The first-order valence-corrected chi connectivity index (χ1v) is 7.57. The minimum Gasteiger partial charge on any atom is -0.384 e. The standard InChI is InChI=1S/C13H15N3O2S/c1-13(6-7-13)16-19(17,18)10-4-2-9-3-5-12(14)15-11(9)8-10/h2-5,8,16H,6-7H2,1H3,(H2,14,15). The van der Waals surface area contributed by atoms with Gasteiger partial charge in [0.2, 0.25) is 10.0 Å². The monoisotopic (exact) mass is 277 g/mol. The lowest BCUT2D eigenvalue weighted by molar-refractivity contribution is 0.558. The summed E-state index contributed by atoms with van der Waals surface area (Å²) in [6.07, 6.45) is 1.76. The van der Waals surface area contributed by atoms with E-state index >= 15 is 0 Å². The van der Waals surface area contributed by atoms with Gasteiger partial charge in [-0.3, -0.25) is 0 Å². The Kier molecular flexibility index (Phi) is 2.55. The van der Waals surface area contributed by atoms with Gasteiger partial charge in [0.05, 0.1) is 10.4 Å². The summed E-state index contributed by atoms with van der Waals surface area (Å²) in [6, 6.07) is 8.41. The third-order valence-corrected chi connectivity index (χ3v) is 5.01. The molecule has 1 aliphatic carbocycles. The van der Waals surface area contributed by atoms with E-state index in [0.29, 0.717) is 11.3 Å². The van der Waals surface area contributed by atoms with Crippen LogP contribution in [0.25, 0.3) is 10.9 Å². The number of hydrogen-bond donors (Lipinski definition) is 2. The zero-order valence-electron chi connectivity index (χ0n) is 10.6. The molecule has 3 rings (SSSR count). The molecule has 1 fully saturated rings. The summed E-state index contributed by atoms with van der Waals surface area (Å²) in [5.41, 5.74) is 5.92. The molecular weight excluding hydrogens is 262 g/mol. The van der Waals surface area contributed by atoms with Crippen LogP contribution in [0.5, 0.6) is 0 Å². The number of aromatic nitrogens is 1. The van der Waals surface area contributed by atoms with E-state index in [9.17, 15) is 8.42 Å². The second-order valence-electron chi connectivity index (χ2n) is 5.26. The van der Waals surface area contributed by atoms with Gasteiger partial charge in [-0.25, -0.2) is 18.1 Å². The van der Waals surface area contributed by atoms with Gasteiger partial charge in [0.15, 0.2) is 0 Å². The predicted molar refractivity (Wildman–Crippen MR) is 74.1 cm³/mol. The van der Waals surface area contributed by atoms with Crippen molar-refractivity contribution >= 4 is 26.7 Å². The fraction of sp³-hybridized carbons (Fsp3) is 0.308. The summed E-state index contributed by atoms with van der Waals surface area (Å²) < 4.78 is 27.2. The number of nitrogens with two attached hydrogens (primary N) is 1. The summed E-state index contributed by atoms with van der Waals surface area (Å²) in [7, 11) is -3.49. The summed E-state index contributed by atoms with van der Waals surface area (Å²) >= 11 is 0. The van der Waals surface area contributed by atoms with Crippen molar-refractivity contribution in [3.63, 3.8) is 0 Å². The molecule has 1 heterocycles. The predicted octanol–water partition coefficient (Wildman–Crippen LogP) is 1.65. The molecule has 0 saturated heterocycles. The first kappa shape index (κ1) is 12.4. The first-order chi connectivity index (χ1) is 8.88. The van der Waals surface area contributed by atoms with Crippen molar-refractivity contribution in [3.05, 3.63) is 30.3 Å². The normalized spacial score (nSPS) is 17.5. The molecule has 6 heteroatoms. The van der Waals surface area contributed by atoms with Crippen LogP contribution < -0.4 is 10.5 Å². The lowest BCUT2D eigenvalue weighted by Gasteiger charge is -2.12. The number of pyridine rings is 1. The molecule has 100 valence electrons.